The quantitative estimate of drug-likeness (QED) is 0.916. The summed E-state index contributed by atoms with van der Waals surface area (Å²) in [6.45, 7) is 1.19. The van der Waals surface area contributed by atoms with Crippen LogP contribution < -0.4 is 10.5 Å². The second-order valence-corrected chi connectivity index (χ2v) is 6.82. The second kappa shape index (κ2) is 6.04. The maximum Gasteiger partial charge on any atom is 0.133 e. The van der Waals surface area contributed by atoms with Crippen LogP contribution in [0, 0.1) is 0 Å². The van der Waals surface area contributed by atoms with Crippen LogP contribution in [0.3, 0.4) is 0 Å². The van der Waals surface area contributed by atoms with Crippen molar-refractivity contribution in [3.8, 4) is 5.75 Å². The molecular formula is C16H23BrN2O. The number of nitrogens with zero attached hydrogens (tertiary/aromatic N) is 1. The van der Waals surface area contributed by atoms with Crippen molar-refractivity contribution in [2.75, 3.05) is 13.7 Å². The van der Waals surface area contributed by atoms with Crippen molar-refractivity contribution in [3.05, 3.63) is 28.2 Å². The van der Waals surface area contributed by atoms with Gasteiger partial charge in [0, 0.05) is 12.1 Å². The van der Waals surface area contributed by atoms with Crippen LogP contribution in [0.2, 0.25) is 0 Å². The predicted octanol–water partition coefficient (Wildman–Crippen LogP) is 3.47. The highest BCUT2D eigenvalue weighted by Crippen LogP contribution is 2.40. The van der Waals surface area contributed by atoms with E-state index in [0.29, 0.717) is 6.04 Å². The Morgan fingerprint density at radius 2 is 2.05 bits per heavy atom. The summed E-state index contributed by atoms with van der Waals surface area (Å²) < 4.78 is 6.35. The number of nitrogens with two attached hydrogens (primary N) is 1. The number of hydrogen-bond donors (Lipinski definition) is 1. The summed E-state index contributed by atoms with van der Waals surface area (Å²) in [6, 6.07) is 7.75. The molecule has 0 radical (unpaired) electrons. The highest BCUT2D eigenvalue weighted by Gasteiger charge is 2.38. The fourth-order valence-electron chi connectivity index (χ4n) is 3.34. The van der Waals surface area contributed by atoms with Crippen molar-refractivity contribution in [2.24, 2.45) is 5.73 Å². The van der Waals surface area contributed by atoms with Crippen LogP contribution in [0.5, 0.6) is 5.75 Å². The van der Waals surface area contributed by atoms with E-state index in [4.69, 9.17) is 10.5 Å². The molecule has 2 unspecified atom stereocenters. The first-order valence-electron chi connectivity index (χ1n) is 7.55. The first kappa shape index (κ1) is 14.4. The van der Waals surface area contributed by atoms with Crippen molar-refractivity contribution < 1.29 is 4.74 Å². The fourth-order valence-corrected chi connectivity index (χ4v) is 3.90. The zero-order valence-electron chi connectivity index (χ0n) is 12.0. The second-order valence-electron chi connectivity index (χ2n) is 5.97. The van der Waals surface area contributed by atoms with Crippen molar-refractivity contribution in [3.63, 3.8) is 0 Å². The van der Waals surface area contributed by atoms with Gasteiger partial charge in [0.05, 0.1) is 17.6 Å². The van der Waals surface area contributed by atoms with Crippen molar-refractivity contribution in [2.45, 2.75) is 50.2 Å². The topological polar surface area (TPSA) is 38.5 Å². The van der Waals surface area contributed by atoms with Crippen molar-refractivity contribution >= 4 is 15.9 Å². The lowest BCUT2D eigenvalue weighted by molar-refractivity contribution is 0.175. The summed E-state index contributed by atoms with van der Waals surface area (Å²) in [6.07, 6.45) is 6.31. The molecule has 1 saturated heterocycles. The molecule has 0 spiro atoms. The third-order valence-corrected chi connectivity index (χ3v) is 5.12. The van der Waals surface area contributed by atoms with E-state index in [1.807, 2.05) is 6.07 Å². The van der Waals surface area contributed by atoms with Gasteiger partial charge in [-0.1, -0.05) is 12.5 Å². The zero-order valence-corrected chi connectivity index (χ0v) is 13.6. The number of halogens is 1. The molecule has 2 atom stereocenters. The normalized spacial score (nSPS) is 28.1. The van der Waals surface area contributed by atoms with Crippen LogP contribution in [-0.2, 0) is 0 Å². The van der Waals surface area contributed by atoms with E-state index in [0.717, 1.165) is 22.7 Å². The number of likely N-dealkylation sites (tertiary alicyclic amines) is 1. The molecule has 20 heavy (non-hydrogen) atoms. The molecule has 1 heterocycles. The lowest BCUT2D eigenvalue weighted by Crippen LogP contribution is -2.41. The smallest absolute Gasteiger partial charge is 0.133 e. The van der Waals surface area contributed by atoms with Gasteiger partial charge in [-0.2, -0.15) is 0 Å². The van der Waals surface area contributed by atoms with Crippen LogP contribution in [0.1, 0.15) is 43.7 Å². The summed E-state index contributed by atoms with van der Waals surface area (Å²) >= 11 is 3.60. The van der Waals surface area contributed by atoms with Crippen LogP contribution >= 0.6 is 15.9 Å². The molecule has 3 rings (SSSR count). The average Bonchev–Trinajstić information content (AvgIpc) is 3.25. The Hall–Kier alpha value is -0.580. The van der Waals surface area contributed by atoms with Gasteiger partial charge in [0.2, 0.25) is 0 Å². The SMILES string of the molecule is COc1ccc(C2C(N)CCCCN2C2CC2)cc1Br. The van der Waals surface area contributed by atoms with Crippen LogP contribution in [-0.4, -0.2) is 30.6 Å². The lowest BCUT2D eigenvalue weighted by Gasteiger charge is -2.34. The highest BCUT2D eigenvalue weighted by atomic mass is 79.9. The Balaban J connectivity index is 1.92. The van der Waals surface area contributed by atoms with Crippen LogP contribution in [0.4, 0.5) is 0 Å². The van der Waals surface area contributed by atoms with E-state index in [1.54, 1.807) is 7.11 Å². The first-order chi connectivity index (χ1) is 9.70. The van der Waals surface area contributed by atoms with Gasteiger partial charge in [0.25, 0.3) is 0 Å². The molecular weight excluding hydrogens is 316 g/mol. The summed E-state index contributed by atoms with van der Waals surface area (Å²) in [5.74, 6) is 0.883. The number of methoxy groups -OCH3 is 1. The maximum absolute atomic E-state index is 6.50. The van der Waals surface area contributed by atoms with Crippen LogP contribution in [0.15, 0.2) is 22.7 Å². The van der Waals surface area contributed by atoms with Gasteiger partial charge in [0.1, 0.15) is 5.75 Å². The molecule has 0 aromatic heterocycles. The molecule has 1 aliphatic carbocycles. The van der Waals surface area contributed by atoms with E-state index < -0.39 is 0 Å². The molecule has 1 saturated carbocycles. The molecule has 2 N–H and O–H groups in total. The molecule has 4 heteroatoms. The van der Waals surface area contributed by atoms with Crippen molar-refractivity contribution in [1.29, 1.82) is 0 Å². The third kappa shape index (κ3) is 2.87. The Kier molecular flexibility index (Phi) is 4.34. The van der Waals surface area contributed by atoms with Gasteiger partial charge in [-0.3, -0.25) is 4.90 Å². The van der Waals surface area contributed by atoms with Gasteiger partial charge in [-0.25, -0.2) is 0 Å². The highest BCUT2D eigenvalue weighted by molar-refractivity contribution is 9.10. The van der Waals surface area contributed by atoms with Gasteiger partial charge in [-0.15, -0.1) is 0 Å². The predicted molar refractivity (Wildman–Crippen MR) is 85.0 cm³/mol. The van der Waals surface area contributed by atoms with E-state index in [2.05, 4.69) is 33.0 Å². The monoisotopic (exact) mass is 338 g/mol. The molecule has 2 fully saturated rings. The Morgan fingerprint density at radius 1 is 1.25 bits per heavy atom. The van der Waals surface area contributed by atoms with Gasteiger partial charge >= 0.3 is 0 Å². The van der Waals surface area contributed by atoms with E-state index in [-0.39, 0.29) is 6.04 Å². The third-order valence-electron chi connectivity index (χ3n) is 4.50. The number of ether oxygens (including phenoxy) is 1. The fraction of sp³-hybridized carbons (Fsp3) is 0.625. The van der Waals surface area contributed by atoms with Gasteiger partial charge in [0.15, 0.2) is 0 Å². The summed E-state index contributed by atoms with van der Waals surface area (Å²) in [5, 5.41) is 0. The minimum absolute atomic E-state index is 0.235. The van der Waals surface area contributed by atoms with Gasteiger partial charge in [-0.05, 0) is 65.9 Å². The number of rotatable bonds is 3. The molecule has 1 aliphatic heterocycles. The molecule has 2 aliphatic rings. The zero-order chi connectivity index (χ0) is 14.1. The Labute approximate surface area is 129 Å². The Morgan fingerprint density at radius 3 is 2.70 bits per heavy atom. The summed E-state index contributed by atoms with van der Waals surface area (Å²) in [7, 11) is 1.70. The average molecular weight is 339 g/mol. The van der Waals surface area contributed by atoms with E-state index >= 15 is 0 Å². The molecule has 1 aromatic carbocycles. The number of benzene rings is 1. The maximum atomic E-state index is 6.50. The van der Waals surface area contributed by atoms with Crippen LogP contribution in [0.25, 0.3) is 0 Å². The molecule has 0 amide bonds. The van der Waals surface area contributed by atoms with E-state index in [9.17, 15) is 0 Å². The molecule has 1 aromatic rings. The van der Waals surface area contributed by atoms with Crippen molar-refractivity contribution in [1.82, 2.24) is 4.90 Å². The minimum atomic E-state index is 0.235. The lowest BCUT2D eigenvalue weighted by atomic mass is 9.96. The molecule has 3 nitrogen and oxygen atoms in total. The van der Waals surface area contributed by atoms with E-state index in [1.165, 1.54) is 37.8 Å². The minimum Gasteiger partial charge on any atom is -0.496 e. The van der Waals surface area contributed by atoms with Gasteiger partial charge < -0.3 is 10.5 Å². The summed E-state index contributed by atoms with van der Waals surface area (Å²) in [4.78, 5) is 2.64. The first-order valence-corrected chi connectivity index (χ1v) is 8.35. The largest absolute Gasteiger partial charge is 0.496 e. The Bertz CT molecular complexity index is 476. The summed E-state index contributed by atoms with van der Waals surface area (Å²) in [5.41, 5.74) is 7.82. The molecule has 110 valence electrons. The number of hydrogen-bond acceptors (Lipinski definition) is 3. The molecule has 0 bridgehead atoms. The standard InChI is InChI=1S/C16H23BrN2O/c1-20-15-8-5-11(10-13(15)17)16-14(18)4-2-3-9-19(16)12-6-7-12/h5,8,10,12,14,16H,2-4,6-7,9,18H2,1H3.